The summed E-state index contributed by atoms with van der Waals surface area (Å²) in [4.78, 5) is 18.1. The van der Waals surface area contributed by atoms with Crippen LogP contribution in [0, 0.1) is 5.92 Å². The molecule has 4 nitrogen and oxygen atoms in total. The van der Waals surface area contributed by atoms with Crippen molar-refractivity contribution >= 4 is 11.6 Å². The lowest BCUT2D eigenvalue weighted by molar-refractivity contribution is -0.137. The Bertz CT molecular complexity index is 1000. The van der Waals surface area contributed by atoms with Crippen LogP contribution in [0.2, 0.25) is 0 Å². The van der Waals surface area contributed by atoms with Crippen LogP contribution < -0.4 is 10.2 Å². The molecule has 1 aliphatic carbocycles. The van der Waals surface area contributed by atoms with Gasteiger partial charge in [-0.25, -0.2) is 0 Å². The number of carbonyl (C=O) groups excluding carboxylic acids is 1. The zero-order valence-corrected chi connectivity index (χ0v) is 19.4. The Hall–Kier alpha value is -2.54. The highest BCUT2D eigenvalue weighted by molar-refractivity contribution is 5.82. The van der Waals surface area contributed by atoms with Gasteiger partial charge in [0.15, 0.2) is 0 Å². The number of hydrogen-bond acceptors (Lipinski definition) is 3. The van der Waals surface area contributed by atoms with Crippen LogP contribution >= 0.6 is 0 Å². The topological polar surface area (TPSA) is 35.6 Å². The summed E-state index contributed by atoms with van der Waals surface area (Å²) in [5.74, 6) is -0.418. The molecule has 3 aliphatic rings. The summed E-state index contributed by atoms with van der Waals surface area (Å²) in [5.41, 5.74) is 2.00. The Morgan fingerprint density at radius 1 is 1.03 bits per heavy atom. The molecular formula is C27H32F3N3O. The number of hydrogen-bond donors (Lipinski definition) is 1. The van der Waals surface area contributed by atoms with Crippen molar-refractivity contribution < 1.29 is 18.0 Å². The van der Waals surface area contributed by atoms with E-state index in [4.69, 9.17) is 0 Å². The highest BCUT2D eigenvalue weighted by Crippen LogP contribution is 2.40. The SMILES string of the molecule is O=C(NCCc1ccccc1)[C@H]1Cc2cc(C(F)(F)F)ccc2N2CCN(C3CCCC3)C[C@H]12. The van der Waals surface area contributed by atoms with Gasteiger partial charge in [-0.05, 0) is 55.0 Å². The molecule has 2 aromatic rings. The molecule has 2 aliphatic heterocycles. The Morgan fingerprint density at radius 3 is 2.53 bits per heavy atom. The molecule has 2 atom stereocenters. The highest BCUT2D eigenvalue weighted by atomic mass is 19.4. The Kier molecular flexibility index (Phi) is 6.56. The summed E-state index contributed by atoms with van der Waals surface area (Å²) in [6.45, 7) is 2.95. The van der Waals surface area contributed by atoms with E-state index in [1.807, 2.05) is 30.3 Å². The lowest BCUT2D eigenvalue weighted by atomic mass is 9.82. The standard InChI is InChI=1S/C27H32F3N3O/c28-27(29,30)21-10-11-24-20(16-21)17-23(26(34)31-13-12-19-6-2-1-3-7-19)25-18-32(14-15-33(24)25)22-8-4-5-9-22/h1-3,6-7,10-11,16,22-23,25H,4-5,8-9,12-15,17-18H2,(H,31,34)/t23-,25+/m0/s1. The van der Waals surface area contributed by atoms with Gasteiger partial charge in [-0.3, -0.25) is 9.69 Å². The predicted molar refractivity (Wildman–Crippen MR) is 127 cm³/mol. The Balaban J connectivity index is 1.37. The third-order valence-corrected chi connectivity index (χ3v) is 7.80. The number of alkyl halides is 3. The summed E-state index contributed by atoms with van der Waals surface area (Å²) in [7, 11) is 0. The molecule has 0 radical (unpaired) electrons. The fraction of sp³-hybridized carbons (Fsp3) is 0.519. The van der Waals surface area contributed by atoms with Crippen molar-refractivity contribution in [1.82, 2.24) is 10.2 Å². The maximum absolute atomic E-state index is 13.4. The molecule has 182 valence electrons. The number of carbonyl (C=O) groups is 1. The number of rotatable bonds is 5. The first-order valence-electron chi connectivity index (χ1n) is 12.4. The number of piperazine rings is 1. The average Bonchev–Trinajstić information content (AvgIpc) is 3.38. The molecule has 1 saturated heterocycles. The van der Waals surface area contributed by atoms with Crippen LogP contribution in [0.25, 0.3) is 0 Å². The molecule has 7 heteroatoms. The van der Waals surface area contributed by atoms with Crippen molar-refractivity contribution in [3.05, 3.63) is 65.2 Å². The zero-order chi connectivity index (χ0) is 23.7. The molecule has 34 heavy (non-hydrogen) atoms. The number of anilines is 1. The van der Waals surface area contributed by atoms with Crippen LogP contribution in [0.5, 0.6) is 0 Å². The van der Waals surface area contributed by atoms with Gasteiger partial charge in [0, 0.05) is 37.9 Å². The number of fused-ring (bicyclic) bond motifs is 3. The third-order valence-electron chi connectivity index (χ3n) is 7.80. The summed E-state index contributed by atoms with van der Waals surface area (Å²) >= 11 is 0. The van der Waals surface area contributed by atoms with E-state index < -0.39 is 11.7 Å². The Morgan fingerprint density at radius 2 is 1.79 bits per heavy atom. The molecular weight excluding hydrogens is 439 g/mol. The van der Waals surface area contributed by atoms with Crippen molar-refractivity contribution in [1.29, 1.82) is 0 Å². The van der Waals surface area contributed by atoms with Crippen LogP contribution in [0.15, 0.2) is 48.5 Å². The van der Waals surface area contributed by atoms with Gasteiger partial charge in [0.1, 0.15) is 0 Å². The molecule has 1 N–H and O–H groups in total. The van der Waals surface area contributed by atoms with E-state index >= 15 is 0 Å². The fourth-order valence-electron chi connectivity index (χ4n) is 6.03. The lowest BCUT2D eigenvalue weighted by Gasteiger charge is -2.50. The first-order valence-corrected chi connectivity index (χ1v) is 12.4. The molecule has 0 unspecified atom stereocenters. The number of benzene rings is 2. The average molecular weight is 472 g/mol. The second-order valence-corrected chi connectivity index (χ2v) is 9.87. The molecule has 0 spiro atoms. The van der Waals surface area contributed by atoms with Crippen molar-refractivity contribution in [3.63, 3.8) is 0 Å². The smallest absolute Gasteiger partial charge is 0.365 e. The zero-order valence-electron chi connectivity index (χ0n) is 19.4. The molecule has 5 rings (SSSR count). The molecule has 2 aromatic carbocycles. The summed E-state index contributed by atoms with van der Waals surface area (Å²) in [6, 6.07) is 14.6. The van der Waals surface area contributed by atoms with Crippen molar-refractivity contribution in [3.8, 4) is 0 Å². The minimum absolute atomic E-state index is 0.0182. The lowest BCUT2D eigenvalue weighted by Crippen LogP contribution is -2.62. The maximum atomic E-state index is 13.4. The minimum atomic E-state index is -4.39. The molecule has 2 heterocycles. The van der Waals surface area contributed by atoms with Gasteiger partial charge < -0.3 is 10.2 Å². The summed E-state index contributed by atoms with van der Waals surface area (Å²) < 4.78 is 40.2. The van der Waals surface area contributed by atoms with Crippen LogP contribution in [0.1, 0.15) is 42.4 Å². The summed E-state index contributed by atoms with van der Waals surface area (Å²) in [5, 5.41) is 3.09. The number of nitrogens with zero attached hydrogens (tertiary/aromatic N) is 2. The highest BCUT2D eigenvalue weighted by Gasteiger charge is 2.43. The predicted octanol–water partition coefficient (Wildman–Crippen LogP) is 4.67. The van der Waals surface area contributed by atoms with Gasteiger partial charge in [-0.1, -0.05) is 43.2 Å². The van der Waals surface area contributed by atoms with E-state index in [0.29, 0.717) is 24.6 Å². The minimum Gasteiger partial charge on any atom is -0.365 e. The van der Waals surface area contributed by atoms with Gasteiger partial charge >= 0.3 is 6.18 Å². The van der Waals surface area contributed by atoms with E-state index in [0.717, 1.165) is 37.3 Å². The van der Waals surface area contributed by atoms with Crippen molar-refractivity contribution in [2.75, 3.05) is 31.1 Å². The molecule has 2 fully saturated rings. The first kappa shape index (κ1) is 23.2. The maximum Gasteiger partial charge on any atom is 0.416 e. The molecule has 0 bridgehead atoms. The molecule has 1 amide bonds. The quantitative estimate of drug-likeness (QED) is 0.689. The van der Waals surface area contributed by atoms with Gasteiger partial charge in [-0.2, -0.15) is 13.2 Å². The van der Waals surface area contributed by atoms with E-state index in [2.05, 4.69) is 15.1 Å². The normalized spacial score (nSPS) is 23.4. The van der Waals surface area contributed by atoms with Gasteiger partial charge in [0.05, 0.1) is 17.5 Å². The Labute approximate surface area is 199 Å². The van der Waals surface area contributed by atoms with Crippen LogP contribution in [0.3, 0.4) is 0 Å². The fourth-order valence-corrected chi connectivity index (χ4v) is 6.03. The van der Waals surface area contributed by atoms with Crippen molar-refractivity contribution in [2.45, 2.75) is 56.8 Å². The van der Waals surface area contributed by atoms with Crippen LogP contribution in [0.4, 0.5) is 18.9 Å². The number of nitrogens with one attached hydrogen (secondary N) is 1. The summed E-state index contributed by atoms with van der Waals surface area (Å²) in [6.07, 6.45) is 1.59. The van der Waals surface area contributed by atoms with Crippen LogP contribution in [-0.4, -0.2) is 49.1 Å². The van der Waals surface area contributed by atoms with E-state index in [-0.39, 0.29) is 17.9 Å². The van der Waals surface area contributed by atoms with Gasteiger partial charge in [0.2, 0.25) is 5.91 Å². The van der Waals surface area contributed by atoms with Crippen LogP contribution in [-0.2, 0) is 23.8 Å². The van der Waals surface area contributed by atoms with Gasteiger partial charge in [0.25, 0.3) is 0 Å². The third kappa shape index (κ3) is 4.81. The second-order valence-electron chi connectivity index (χ2n) is 9.87. The largest absolute Gasteiger partial charge is 0.416 e. The van der Waals surface area contributed by atoms with E-state index in [9.17, 15) is 18.0 Å². The first-order chi connectivity index (χ1) is 16.4. The van der Waals surface area contributed by atoms with E-state index in [1.54, 1.807) is 6.07 Å². The number of amides is 1. The van der Waals surface area contributed by atoms with Gasteiger partial charge in [-0.15, -0.1) is 0 Å². The molecule has 0 aromatic heterocycles. The van der Waals surface area contributed by atoms with Crippen molar-refractivity contribution in [2.24, 2.45) is 5.92 Å². The van der Waals surface area contributed by atoms with E-state index in [1.165, 1.54) is 37.8 Å². The number of halogens is 3. The monoisotopic (exact) mass is 471 g/mol. The molecule has 1 saturated carbocycles. The second kappa shape index (κ2) is 9.61.